The van der Waals surface area contributed by atoms with Gasteiger partial charge in [0, 0.05) is 13.1 Å². The van der Waals surface area contributed by atoms with Gasteiger partial charge >= 0.3 is 0 Å². The number of hydrogen-bond acceptors (Lipinski definition) is 2. The van der Waals surface area contributed by atoms with Crippen LogP contribution in [0.2, 0.25) is 0 Å². The van der Waals surface area contributed by atoms with Crippen molar-refractivity contribution in [2.24, 2.45) is 11.3 Å². The van der Waals surface area contributed by atoms with Crippen LogP contribution in [0.4, 0.5) is 0 Å². The fraction of sp³-hybridized carbons (Fsp3) is 0.846. The Morgan fingerprint density at radius 3 is 2.25 bits per heavy atom. The van der Waals surface area contributed by atoms with Crippen LogP contribution in [-0.2, 0) is 4.79 Å². The molecule has 0 bridgehead atoms. The largest absolute Gasteiger partial charge is 0.341 e. The van der Waals surface area contributed by atoms with Gasteiger partial charge in [-0.1, -0.05) is 13.8 Å². The first kappa shape index (κ1) is 13.0. The standard InChI is InChI=1S/C13H22N2O/c1-4-13(5-2,10-14)12(16)15(6-3)9-11-7-8-11/h11H,4-9H2,1-3H3. The van der Waals surface area contributed by atoms with Gasteiger partial charge in [-0.2, -0.15) is 5.26 Å². The van der Waals surface area contributed by atoms with Gasteiger partial charge in [-0.15, -0.1) is 0 Å². The number of hydrogen-bond donors (Lipinski definition) is 0. The van der Waals surface area contributed by atoms with Crippen molar-refractivity contribution >= 4 is 5.91 Å². The van der Waals surface area contributed by atoms with Crippen molar-refractivity contribution in [3.8, 4) is 6.07 Å². The number of amides is 1. The van der Waals surface area contributed by atoms with Crippen molar-refractivity contribution in [2.75, 3.05) is 13.1 Å². The van der Waals surface area contributed by atoms with E-state index in [2.05, 4.69) is 6.07 Å². The van der Waals surface area contributed by atoms with Gasteiger partial charge in [-0.25, -0.2) is 0 Å². The van der Waals surface area contributed by atoms with E-state index in [1.807, 2.05) is 25.7 Å². The summed E-state index contributed by atoms with van der Waals surface area (Å²) in [5, 5.41) is 9.24. The number of nitriles is 1. The predicted octanol–water partition coefficient (Wildman–Crippen LogP) is 2.57. The number of rotatable bonds is 6. The smallest absolute Gasteiger partial charge is 0.243 e. The number of carbonyl (C=O) groups is 1. The molecule has 0 aromatic rings. The minimum atomic E-state index is -0.787. The van der Waals surface area contributed by atoms with Crippen molar-refractivity contribution in [3.63, 3.8) is 0 Å². The molecule has 1 rings (SSSR count). The lowest BCUT2D eigenvalue weighted by molar-refractivity contribution is -0.139. The Hall–Kier alpha value is -1.04. The summed E-state index contributed by atoms with van der Waals surface area (Å²) in [5.74, 6) is 0.725. The highest BCUT2D eigenvalue weighted by Crippen LogP contribution is 2.33. The van der Waals surface area contributed by atoms with Gasteiger partial charge < -0.3 is 4.90 Å². The third kappa shape index (κ3) is 2.55. The molecule has 3 heteroatoms. The summed E-state index contributed by atoms with van der Waals surface area (Å²) in [7, 11) is 0. The lowest BCUT2D eigenvalue weighted by atomic mass is 9.82. The first-order valence-electron chi connectivity index (χ1n) is 6.34. The SMILES string of the molecule is CCN(CC1CC1)C(=O)C(C#N)(CC)CC. The van der Waals surface area contributed by atoms with Crippen molar-refractivity contribution in [1.29, 1.82) is 5.26 Å². The van der Waals surface area contributed by atoms with Gasteiger partial charge in [0.2, 0.25) is 5.91 Å². The maximum Gasteiger partial charge on any atom is 0.243 e. The average molecular weight is 222 g/mol. The fourth-order valence-corrected chi connectivity index (χ4v) is 2.03. The molecule has 90 valence electrons. The predicted molar refractivity (Wildman–Crippen MR) is 63.6 cm³/mol. The van der Waals surface area contributed by atoms with E-state index >= 15 is 0 Å². The Morgan fingerprint density at radius 2 is 1.94 bits per heavy atom. The van der Waals surface area contributed by atoms with E-state index in [0.29, 0.717) is 18.8 Å². The van der Waals surface area contributed by atoms with E-state index in [4.69, 9.17) is 0 Å². The first-order chi connectivity index (χ1) is 7.63. The molecular weight excluding hydrogens is 200 g/mol. The maximum absolute atomic E-state index is 12.4. The lowest BCUT2D eigenvalue weighted by Gasteiger charge is -2.30. The highest BCUT2D eigenvalue weighted by molar-refractivity contribution is 5.85. The zero-order valence-corrected chi connectivity index (χ0v) is 10.6. The average Bonchev–Trinajstić information content (AvgIpc) is 3.12. The summed E-state index contributed by atoms with van der Waals surface area (Å²) >= 11 is 0. The van der Waals surface area contributed by atoms with Crippen molar-refractivity contribution in [1.82, 2.24) is 4.90 Å². The zero-order valence-electron chi connectivity index (χ0n) is 10.6. The van der Waals surface area contributed by atoms with Crippen LogP contribution in [0.5, 0.6) is 0 Å². The Balaban J connectivity index is 2.74. The topological polar surface area (TPSA) is 44.1 Å². The second-order valence-electron chi connectivity index (χ2n) is 4.69. The molecule has 0 spiro atoms. The molecule has 1 saturated carbocycles. The third-order valence-corrected chi connectivity index (χ3v) is 3.67. The highest BCUT2D eigenvalue weighted by atomic mass is 16.2. The summed E-state index contributed by atoms with van der Waals surface area (Å²) in [6, 6.07) is 2.23. The van der Waals surface area contributed by atoms with Gasteiger partial charge in [0.05, 0.1) is 6.07 Å². The minimum absolute atomic E-state index is 0.0365. The van der Waals surface area contributed by atoms with Gasteiger partial charge in [0.25, 0.3) is 0 Å². The second kappa shape index (κ2) is 5.34. The monoisotopic (exact) mass is 222 g/mol. The molecule has 0 aromatic carbocycles. The second-order valence-corrected chi connectivity index (χ2v) is 4.69. The molecule has 1 amide bonds. The quantitative estimate of drug-likeness (QED) is 0.693. The molecule has 0 aliphatic heterocycles. The van der Waals surface area contributed by atoms with Crippen LogP contribution in [0, 0.1) is 22.7 Å². The lowest BCUT2D eigenvalue weighted by Crippen LogP contribution is -2.43. The summed E-state index contributed by atoms with van der Waals surface area (Å²) < 4.78 is 0. The van der Waals surface area contributed by atoms with Crippen LogP contribution in [-0.4, -0.2) is 23.9 Å². The Morgan fingerprint density at radius 1 is 1.38 bits per heavy atom. The van der Waals surface area contributed by atoms with Crippen molar-refractivity contribution in [3.05, 3.63) is 0 Å². The Kier molecular flexibility index (Phi) is 4.35. The summed E-state index contributed by atoms with van der Waals surface area (Å²) in [6.07, 6.45) is 3.70. The molecule has 0 aromatic heterocycles. The van der Waals surface area contributed by atoms with Crippen LogP contribution in [0.3, 0.4) is 0 Å². The molecule has 0 heterocycles. The molecule has 3 nitrogen and oxygen atoms in total. The van der Waals surface area contributed by atoms with Crippen LogP contribution >= 0.6 is 0 Å². The molecule has 1 aliphatic rings. The Labute approximate surface area is 98.4 Å². The van der Waals surface area contributed by atoms with Crippen LogP contribution in [0.25, 0.3) is 0 Å². The van der Waals surface area contributed by atoms with Crippen LogP contribution in [0.15, 0.2) is 0 Å². The molecule has 1 fully saturated rings. The van der Waals surface area contributed by atoms with E-state index < -0.39 is 5.41 Å². The molecule has 0 N–H and O–H groups in total. The molecule has 0 radical (unpaired) electrons. The highest BCUT2D eigenvalue weighted by Gasteiger charge is 2.39. The minimum Gasteiger partial charge on any atom is -0.341 e. The summed E-state index contributed by atoms with van der Waals surface area (Å²) in [6.45, 7) is 7.41. The molecule has 0 atom stereocenters. The van der Waals surface area contributed by atoms with Crippen molar-refractivity contribution < 1.29 is 4.79 Å². The molecule has 16 heavy (non-hydrogen) atoms. The van der Waals surface area contributed by atoms with E-state index in [-0.39, 0.29) is 5.91 Å². The number of carbonyl (C=O) groups excluding carboxylic acids is 1. The summed E-state index contributed by atoms with van der Waals surface area (Å²) in [5.41, 5.74) is -0.787. The normalized spacial score (nSPS) is 15.6. The van der Waals surface area contributed by atoms with E-state index in [0.717, 1.165) is 13.1 Å². The van der Waals surface area contributed by atoms with E-state index in [9.17, 15) is 10.1 Å². The maximum atomic E-state index is 12.4. The van der Waals surface area contributed by atoms with E-state index in [1.165, 1.54) is 12.8 Å². The van der Waals surface area contributed by atoms with Crippen LogP contribution in [0.1, 0.15) is 46.5 Å². The number of nitrogens with zero attached hydrogens (tertiary/aromatic N) is 2. The van der Waals surface area contributed by atoms with Crippen LogP contribution < -0.4 is 0 Å². The Bertz CT molecular complexity index is 285. The van der Waals surface area contributed by atoms with Gasteiger partial charge in [-0.3, -0.25) is 4.79 Å². The fourth-order valence-electron chi connectivity index (χ4n) is 2.03. The van der Waals surface area contributed by atoms with Crippen molar-refractivity contribution in [2.45, 2.75) is 46.5 Å². The molecule has 1 aliphatic carbocycles. The van der Waals surface area contributed by atoms with Gasteiger partial charge in [0.1, 0.15) is 5.41 Å². The van der Waals surface area contributed by atoms with E-state index in [1.54, 1.807) is 0 Å². The van der Waals surface area contributed by atoms with Gasteiger partial charge in [0.15, 0.2) is 0 Å². The molecule has 0 unspecified atom stereocenters. The first-order valence-corrected chi connectivity index (χ1v) is 6.34. The zero-order chi connectivity index (χ0) is 12.2. The van der Waals surface area contributed by atoms with Gasteiger partial charge in [-0.05, 0) is 38.5 Å². The molecule has 0 saturated heterocycles. The third-order valence-electron chi connectivity index (χ3n) is 3.67. The summed E-state index contributed by atoms with van der Waals surface area (Å²) in [4.78, 5) is 14.2. The molecular formula is C13H22N2O.